The van der Waals surface area contributed by atoms with Gasteiger partial charge < -0.3 is 9.13 Å². The standard InChI is InChI=1S/C40H25BN2/c41-35-20-23-38(30-13-5-4-12-29(30)35)43-37-17-9-7-15-32(37)34-25-27(19-22-40(34)43)26-18-21-39-33(24-26)31-14-6-8-16-36(31)42(39)28-10-2-1-3-11-28/h1-25H. The fourth-order valence-corrected chi connectivity index (χ4v) is 6.92. The van der Waals surface area contributed by atoms with E-state index in [-0.39, 0.29) is 0 Å². The topological polar surface area (TPSA) is 9.86 Å². The largest absolute Gasteiger partial charge is 0.309 e. The van der Waals surface area contributed by atoms with Gasteiger partial charge in [-0.15, -0.1) is 0 Å². The SMILES string of the molecule is [B]c1ccc(-n2c3ccccc3c3cc(-c4ccc5c(c4)c4ccccc4n5-c4ccccc4)ccc32)c2ccccc12. The molecule has 43 heavy (non-hydrogen) atoms. The monoisotopic (exact) mass is 544 g/mol. The summed E-state index contributed by atoms with van der Waals surface area (Å²) >= 11 is 0. The van der Waals surface area contributed by atoms with Crippen LogP contribution in [0.2, 0.25) is 0 Å². The molecule has 0 atom stereocenters. The van der Waals surface area contributed by atoms with Gasteiger partial charge in [-0.3, -0.25) is 0 Å². The quantitative estimate of drug-likeness (QED) is 0.196. The number of rotatable bonds is 3. The number of aromatic nitrogens is 2. The van der Waals surface area contributed by atoms with E-state index in [0.717, 1.165) is 21.9 Å². The average molecular weight is 544 g/mol. The van der Waals surface area contributed by atoms with Crippen molar-refractivity contribution in [3.63, 3.8) is 0 Å². The zero-order chi connectivity index (χ0) is 28.5. The van der Waals surface area contributed by atoms with E-state index in [1.165, 1.54) is 60.4 Å². The molecule has 198 valence electrons. The Labute approximate surface area is 250 Å². The molecule has 7 aromatic carbocycles. The van der Waals surface area contributed by atoms with E-state index in [1.807, 2.05) is 6.07 Å². The van der Waals surface area contributed by atoms with Crippen LogP contribution in [0.4, 0.5) is 0 Å². The van der Waals surface area contributed by atoms with Gasteiger partial charge in [0.1, 0.15) is 7.85 Å². The zero-order valence-corrected chi connectivity index (χ0v) is 23.4. The Morgan fingerprint density at radius 3 is 1.49 bits per heavy atom. The van der Waals surface area contributed by atoms with Gasteiger partial charge in [-0.25, -0.2) is 0 Å². The van der Waals surface area contributed by atoms with Crippen LogP contribution in [-0.2, 0) is 0 Å². The molecular formula is C40H25BN2. The van der Waals surface area contributed by atoms with Crippen molar-refractivity contribution in [2.75, 3.05) is 0 Å². The van der Waals surface area contributed by atoms with Crippen LogP contribution in [0.5, 0.6) is 0 Å². The maximum Gasteiger partial charge on any atom is 0.114 e. The zero-order valence-electron chi connectivity index (χ0n) is 23.4. The van der Waals surface area contributed by atoms with Crippen LogP contribution in [0.15, 0.2) is 152 Å². The summed E-state index contributed by atoms with van der Waals surface area (Å²) in [4.78, 5) is 0. The summed E-state index contributed by atoms with van der Waals surface area (Å²) in [5.74, 6) is 0. The minimum absolute atomic E-state index is 0.798. The van der Waals surface area contributed by atoms with Gasteiger partial charge in [0.15, 0.2) is 0 Å². The van der Waals surface area contributed by atoms with Gasteiger partial charge in [0.05, 0.1) is 27.8 Å². The lowest BCUT2D eigenvalue weighted by Gasteiger charge is -2.13. The average Bonchev–Trinajstić information content (AvgIpc) is 3.58. The maximum absolute atomic E-state index is 6.39. The first-order valence-electron chi connectivity index (χ1n) is 14.7. The Kier molecular flexibility index (Phi) is 5.18. The summed E-state index contributed by atoms with van der Waals surface area (Å²) in [6.07, 6.45) is 0. The van der Waals surface area contributed by atoms with E-state index in [4.69, 9.17) is 7.85 Å². The highest BCUT2D eigenvalue weighted by molar-refractivity contribution is 6.39. The number of para-hydroxylation sites is 3. The third-order valence-corrected chi connectivity index (χ3v) is 8.87. The molecular weight excluding hydrogens is 519 g/mol. The smallest absolute Gasteiger partial charge is 0.114 e. The molecule has 0 saturated carbocycles. The van der Waals surface area contributed by atoms with Crippen molar-refractivity contribution in [1.29, 1.82) is 0 Å². The molecule has 9 rings (SSSR count). The Morgan fingerprint density at radius 1 is 0.349 bits per heavy atom. The van der Waals surface area contributed by atoms with Crippen molar-refractivity contribution >= 4 is 67.7 Å². The van der Waals surface area contributed by atoms with Crippen LogP contribution in [0.1, 0.15) is 0 Å². The van der Waals surface area contributed by atoms with E-state index < -0.39 is 0 Å². The molecule has 0 unspecified atom stereocenters. The second kappa shape index (κ2) is 9.24. The Hall–Kier alpha value is -5.54. The molecule has 2 aromatic heterocycles. The highest BCUT2D eigenvalue weighted by Crippen LogP contribution is 2.39. The molecule has 3 heteroatoms. The van der Waals surface area contributed by atoms with Crippen LogP contribution >= 0.6 is 0 Å². The second-order valence-corrected chi connectivity index (χ2v) is 11.2. The van der Waals surface area contributed by atoms with Crippen LogP contribution in [0.3, 0.4) is 0 Å². The summed E-state index contributed by atoms with van der Waals surface area (Å²) < 4.78 is 4.75. The van der Waals surface area contributed by atoms with Crippen LogP contribution in [0, 0.1) is 0 Å². The minimum Gasteiger partial charge on any atom is -0.309 e. The van der Waals surface area contributed by atoms with Gasteiger partial charge >= 0.3 is 0 Å². The van der Waals surface area contributed by atoms with Gasteiger partial charge in [-0.1, -0.05) is 103 Å². The summed E-state index contributed by atoms with van der Waals surface area (Å²) in [5, 5.41) is 7.21. The molecule has 0 saturated heterocycles. The summed E-state index contributed by atoms with van der Waals surface area (Å²) in [5.41, 5.74) is 10.3. The molecule has 0 spiro atoms. The summed E-state index contributed by atoms with van der Waals surface area (Å²) in [6.45, 7) is 0. The first-order chi connectivity index (χ1) is 21.3. The molecule has 0 aliphatic heterocycles. The van der Waals surface area contributed by atoms with Crippen molar-refractivity contribution in [1.82, 2.24) is 9.13 Å². The molecule has 0 bridgehead atoms. The highest BCUT2D eigenvalue weighted by atomic mass is 15.0. The van der Waals surface area contributed by atoms with Gasteiger partial charge in [0.25, 0.3) is 0 Å². The lowest BCUT2D eigenvalue weighted by atomic mass is 9.89. The van der Waals surface area contributed by atoms with E-state index in [9.17, 15) is 0 Å². The molecule has 0 fully saturated rings. The van der Waals surface area contributed by atoms with Crippen molar-refractivity contribution in [3.8, 4) is 22.5 Å². The van der Waals surface area contributed by atoms with Crippen molar-refractivity contribution in [2.24, 2.45) is 0 Å². The van der Waals surface area contributed by atoms with Crippen LogP contribution < -0.4 is 5.46 Å². The fraction of sp³-hybridized carbons (Fsp3) is 0. The Morgan fingerprint density at radius 2 is 0.837 bits per heavy atom. The van der Waals surface area contributed by atoms with Crippen molar-refractivity contribution in [2.45, 2.75) is 0 Å². The van der Waals surface area contributed by atoms with Gasteiger partial charge in [0, 0.05) is 32.6 Å². The highest BCUT2D eigenvalue weighted by Gasteiger charge is 2.17. The van der Waals surface area contributed by atoms with Gasteiger partial charge in [-0.05, 0) is 71.1 Å². The fourth-order valence-electron chi connectivity index (χ4n) is 6.92. The number of hydrogen-bond donors (Lipinski definition) is 0. The molecule has 0 N–H and O–H groups in total. The lowest BCUT2D eigenvalue weighted by molar-refractivity contribution is 1.18. The lowest BCUT2D eigenvalue weighted by Crippen LogP contribution is -2.06. The molecule has 0 aliphatic carbocycles. The number of hydrogen-bond acceptors (Lipinski definition) is 0. The third kappa shape index (κ3) is 3.55. The Bertz CT molecular complexity index is 2520. The number of nitrogens with zero attached hydrogens (tertiary/aromatic N) is 2. The van der Waals surface area contributed by atoms with Crippen molar-refractivity contribution in [3.05, 3.63) is 152 Å². The van der Waals surface area contributed by atoms with Gasteiger partial charge in [0.2, 0.25) is 0 Å². The first kappa shape index (κ1) is 24.1. The third-order valence-electron chi connectivity index (χ3n) is 8.87. The minimum atomic E-state index is 0.798. The van der Waals surface area contributed by atoms with Crippen LogP contribution in [0.25, 0.3) is 76.9 Å². The van der Waals surface area contributed by atoms with E-state index in [0.29, 0.717) is 0 Å². The predicted molar refractivity (Wildman–Crippen MR) is 183 cm³/mol. The number of fused-ring (bicyclic) bond motifs is 7. The predicted octanol–water partition coefficient (Wildman–Crippen LogP) is 9.49. The van der Waals surface area contributed by atoms with E-state index >= 15 is 0 Å². The van der Waals surface area contributed by atoms with E-state index in [1.54, 1.807) is 0 Å². The van der Waals surface area contributed by atoms with Gasteiger partial charge in [-0.2, -0.15) is 0 Å². The second-order valence-electron chi connectivity index (χ2n) is 11.2. The first-order valence-corrected chi connectivity index (χ1v) is 14.7. The molecule has 0 amide bonds. The van der Waals surface area contributed by atoms with Crippen LogP contribution in [-0.4, -0.2) is 17.0 Å². The summed E-state index contributed by atoms with van der Waals surface area (Å²) in [7, 11) is 6.39. The maximum atomic E-state index is 6.39. The molecule has 2 heterocycles. The summed E-state index contributed by atoms with van der Waals surface area (Å²) in [6, 6.07) is 54.3. The van der Waals surface area contributed by atoms with E-state index in [2.05, 4.69) is 155 Å². The molecule has 9 aromatic rings. The van der Waals surface area contributed by atoms with Crippen molar-refractivity contribution < 1.29 is 0 Å². The molecule has 0 aliphatic rings. The molecule has 2 radical (unpaired) electrons. The normalized spacial score (nSPS) is 11.8. The molecule has 2 nitrogen and oxygen atoms in total. The Balaban J connectivity index is 1.28. The number of benzene rings is 7.